The molecule has 0 aromatic carbocycles. The normalized spacial score (nSPS) is 25.2. The maximum absolute atomic E-state index is 12.1. The number of hydrogen-bond donors (Lipinski definition) is 1. The number of carbonyl (C=O) groups excluding carboxylic acids is 1. The Morgan fingerprint density at radius 1 is 1.32 bits per heavy atom. The van der Waals surface area contributed by atoms with Crippen molar-refractivity contribution in [2.24, 2.45) is 11.8 Å². The van der Waals surface area contributed by atoms with Gasteiger partial charge in [-0.2, -0.15) is 0 Å². The lowest BCUT2D eigenvalue weighted by Gasteiger charge is -2.23. The van der Waals surface area contributed by atoms with Gasteiger partial charge in [0.2, 0.25) is 5.91 Å². The minimum Gasteiger partial charge on any atom is -0.378 e. The summed E-state index contributed by atoms with van der Waals surface area (Å²) in [7, 11) is 0. The zero-order chi connectivity index (χ0) is 13.7. The molecular formula is C15H28N2O2. The molecule has 110 valence electrons. The molecule has 0 radical (unpaired) electrons. The van der Waals surface area contributed by atoms with Gasteiger partial charge in [0.25, 0.3) is 0 Å². The number of ether oxygens (including phenoxy) is 1. The second-order valence-electron chi connectivity index (χ2n) is 6.20. The standard InChI is InChI=1S/C15H28N2O2/c1-12(2)13-5-9-17(11-13)15(18)6-10-19-14-3-7-16-8-4-14/h12-14,16H,3-11H2,1-2H3. The average Bonchev–Trinajstić information content (AvgIpc) is 2.89. The lowest BCUT2D eigenvalue weighted by molar-refractivity contribution is -0.132. The zero-order valence-corrected chi connectivity index (χ0v) is 12.4. The van der Waals surface area contributed by atoms with E-state index in [0.29, 0.717) is 31.0 Å². The van der Waals surface area contributed by atoms with Gasteiger partial charge in [-0.05, 0) is 44.2 Å². The molecule has 0 bridgehead atoms. The predicted octanol–water partition coefficient (Wildman–Crippen LogP) is 1.65. The van der Waals surface area contributed by atoms with Crippen LogP contribution in [-0.4, -0.2) is 49.7 Å². The van der Waals surface area contributed by atoms with Gasteiger partial charge in [-0.1, -0.05) is 13.8 Å². The number of rotatable bonds is 5. The Morgan fingerprint density at radius 2 is 2.05 bits per heavy atom. The summed E-state index contributed by atoms with van der Waals surface area (Å²) in [6, 6.07) is 0. The minimum absolute atomic E-state index is 0.275. The summed E-state index contributed by atoms with van der Waals surface area (Å²) in [6.45, 7) is 9.06. The molecule has 1 atom stereocenters. The third kappa shape index (κ3) is 4.46. The van der Waals surface area contributed by atoms with Crippen LogP contribution in [0.15, 0.2) is 0 Å². The van der Waals surface area contributed by atoms with Crippen LogP contribution >= 0.6 is 0 Å². The smallest absolute Gasteiger partial charge is 0.224 e. The van der Waals surface area contributed by atoms with Crippen LogP contribution in [0.3, 0.4) is 0 Å². The Morgan fingerprint density at radius 3 is 2.68 bits per heavy atom. The number of carbonyl (C=O) groups is 1. The largest absolute Gasteiger partial charge is 0.378 e. The third-order valence-electron chi connectivity index (χ3n) is 4.48. The molecule has 2 fully saturated rings. The van der Waals surface area contributed by atoms with Crippen molar-refractivity contribution in [3.63, 3.8) is 0 Å². The first-order valence-electron chi connectivity index (χ1n) is 7.77. The number of amides is 1. The van der Waals surface area contributed by atoms with Crippen molar-refractivity contribution in [3.05, 3.63) is 0 Å². The highest BCUT2D eigenvalue weighted by atomic mass is 16.5. The highest BCUT2D eigenvalue weighted by Gasteiger charge is 2.27. The molecular weight excluding hydrogens is 240 g/mol. The van der Waals surface area contributed by atoms with Gasteiger partial charge in [-0.3, -0.25) is 4.79 Å². The van der Waals surface area contributed by atoms with Crippen molar-refractivity contribution in [1.29, 1.82) is 0 Å². The first-order valence-corrected chi connectivity index (χ1v) is 7.77. The summed E-state index contributed by atoms with van der Waals surface area (Å²) in [5.41, 5.74) is 0. The minimum atomic E-state index is 0.275. The fraction of sp³-hybridized carbons (Fsp3) is 0.933. The third-order valence-corrected chi connectivity index (χ3v) is 4.48. The first kappa shape index (κ1) is 14.8. The number of nitrogens with one attached hydrogen (secondary N) is 1. The second-order valence-corrected chi connectivity index (χ2v) is 6.20. The van der Waals surface area contributed by atoms with Crippen molar-refractivity contribution in [2.45, 2.75) is 45.6 Å². The highest BCUT2D eigenvalue weighted by Crippen LogP contribution is 2.24. The molecule has 1 N–H and O–H groups in total. The number of hydrogen-bond acceptors (Lipinski definition) is 3. The molecule has 2 saturated heterocycles. The monoisotopic (exact) mass is 268 g/mol. The molecule has 2 aliphatic heterocycles. The van der Waals surface area contributed by atoms with Crippen LogP contribution in [0.2, 0.25) is 0 Å². The second kappa shape index (κ2) is 7.25. The molecule has 1 unspecified atom stereocenters. The maximum atomic E-state index is 12.1. The van der Waals surface area contributed by atoms with E-state index in [1.54, 1.807) is 0 Å². The Hall–Kier alpha value is -0.610. The van der Waals surface area contributed by atoms with Crippen LogP contribution in [0.25, 0.3) is 0 Å². The van der Waals surface area contributed by atoms with Gasteiger partial charge in [-0.25, -0.2) is 0 Å². The van der Waals surface area contributed by atoms with Crippen molar-refractivity contribution in [3.8, 4) is 0 Å². The predicted molar refractivity (Wildman–Crippen MR) is 76.0 cm³/mol. The molecule has 0 aromatic rings. The molecule has 4 heteroatoms. The fourth-order valence-electron chi connectivity index (χ4n) is 2.99. The molecule has 0 spiro atoms. The van der Waals surface area contributed by atoms with E-state index in [4.69, 9.17) is 4.74 Å². The molecule has 0 aromatic heterocycles. The summed E-state index contributed by atoms with van der Waals surface area (Å²) < 4.78 is 5.80. The van der Waals surface area contributed by atoms with E-state index in [-0.39, 0.29) is 5.91 Å². The summed E-state index contributed by atoms with van der Waals surface area (Å²) >= 11 is 0. The summed E-state index contributed by atoms with van der Waals surface area (Å²) in [5, 5.41) is 3.32. The van der Waals surface area contributed by atoms with Crippen molar-refractivity contribution in [2.75, 3.05) is 32.8 Å². The van der Waals surface area contributed by atoms with E-state index in [1.165, 1.54) is 6.42 Å². The molecule has 2 aliphatic rings. The Kier molecular flexibility index (Phi) is 5.64. The maximum Gasteiger partial charge on any atom is 0.224 e. The van der Waals surface area contributed by atoms with E-state index in [0.717, 1.165) is 39.0 Å². The van der Waals surface area contributed by atoms with Gasteiger partial charge in [0, 0.05) is 13.1 Å². The molecule has 4 nitrogen and oxygen atoms in total. The molecule has 2 rings (SSSR count). The van der Waals surface area contributed by atoms with Gasteiger partial charge in [-0.15, -0.1) is 0 Å². The van der Waals surface area contributed by atoms with Crippen LogP contribution < -0.4 is 5.32 Å². The van der Waals surface area contributed by atoms with E-state index >= 15 is 0 Å². The van der Waals surface area contributed by atoms with Gasteiger partial charge >= 0.3 is 0 Å². The van der Waals surface area contributed by atoms with Crippen molar-refractivity contribution < 1.29 is 9.53 Å². The quantitative estimate of drug-likeness (QED) is 0.824. The van der Waals surface area contributed by atoms with Gasteiger partial charge in [0.15, 0.2) is 0 Å². The van der Waals surface area contributed by atoms with Crippen molar-refractivity contribution >= 4 is 5.91 Å². The molecule has 1 amide bonds. The zero-order valence-electron chi connectivity index (χ0n) is 12.4. The van der Waals surface area contributed by atoms with Gasteiger partial charge in [0.05, 0.1) is 19.1 Å². The molecule has 0 saturated carbocycles. The van der Waals surface area contributed by atoms with Crippen LogP contribution in [-0.2, 0) is 9.53 Å². The number of likely N-dealkylation sites (tertiary alicyclic amines) is 1. The summed E-state index contributed by atoms with van der Waals surface area (Å²) in [5.74, 6) is 1.65. The van der Waals surface area contributed by atoms with E-state index < -0.39 is 0 Å². The van der Waals surface area contributed by atoms with Crippen LogP contribution in [0.1, 0.15) is 39.5 Å². The van der Waals surface area contributed by atoms with E-state index in [9.17, 15) is 4.79 Å². The average molecular weight is 268 g/mol. The summed E-state index contributed by atoms with van der Waals surface area (Å²) in [6.07, 6.45) is 4.23. The van der Waals surface area contributed by atoms with Gasteiger partial charge < -0.3 is 15.0 Å². The lowest BCUT2D eigenvalue weighted by atomic mass is 9.95. The highest BCUT2D eigenvalue weighted by molar-refractivity contribution is 5.76. The van der Waals surface area contributed by atoms with Crippen LogP contribution in [0.5, 0.6) is 0 Å². The first-order chi connectivity index (χ1) is 9.16. The Bertz CT molecular complexity index is 288. The van der Waals surface area contributed by atoms with Crippen LogP contribution in [0.4, 0.5) is 0 Å². The number of piperidine rings is 1. The SMILES string of the molecule is CC(C)C1CCN(C(=O)CCOC2CCNCC2)C1. The van der Waals surface area contributed by atoms with Crippen LogP contribution in [0, 0.1) is 11.8 Å². The summed E-state index contributed by atoms with van der Waals surface area (Å²) in [4.78, 5) is 14.1. The topological polar surface area (TPSA) is 41.6 Å². The Labute approximate surface area is 116 Å². The molecule has 19 heavy (non-hydrogen) atoms. The van der Waals surface area contributed by atoms with E-state index in [1.807, 2.05) is 4.90 Å². The van der Waals surface area contributed by atoms with E-state index in [2.05, 4.69) is 19.2 Å². The molecule has 2 heterocycles. The van der Waals surface area contributed by atoms with Gasteiger partial charge in [0.1, 0.15) is 0 Å². The molecule has 0 aliphatic carbocycles. The fourth-order valence-corrected chi connectivity index (χ4v) is 2.99. The lowest BCUT2D eigenvalue weighted by Crippen LogP contribution is -2.34. The Balaban J connectivity index is 1.62. The number of nitrogens with zero attached hydrogens (tertiary/aromatic N) is 1. The van der Waals surface area contributed by atoms with Crippen molar-refractivity contribution in [1.82, 2.24) is 10.2 Å².